The monoisotopic (exact) mass is 280 g/mol. The van der Waals surface area contributed by atoms with E-state index in [4.69, 9.17) is 4.74 Å². The van der Waals surface area contributed by atoms with E-state index in [2.05, 4.69) is 32.0 Å². The average molecular weight is 280 g/mol. The van der Waals surface area contributed by atoms with Crippen molar-refractivity contribution in [1.82, 2.24) is 0 Å². The SMILES string of the molecule is Cc1cccc(C)c1COc1ccc2c(c1)CCCC2=O. The molecule has 1 aliphatic rings. The van der Waals surface area contributed by atoms with Gasteiger partial charge in [-0.15, -0.1) is 0 Å². The standard InChI is InChI=1S/C19H20O2/c1-13-5-3-6-14(2)18(13)12-21-16-9-10-17-15(11-16)7-4-8-19(17)20/h3,5-6,9-11H,4,7-8,12H2,1-2H3. The zero-order valence-corrected chi connectivity index (χ0v) is 12.6. The van der Waals surface area contributed by atoms with Gasteiger partial charge in [-0.1, -0.05) is 18.2 Å². The van der Waals surface area contributed by atoms with Crippen LogP contribution in [0.5, 0.6) is 5.75 Å². The number of carbonyl (C=O) groups is 1. The lowest BCUT2D eigenvalue weighted by atomic mass is 9.90. The number of rotatable bonds is 3. The fraction of sp³-hybridized carbons (Fsp3) is 0.316. The Hall–Kier alpha value is -2.09. The second-order valence-corrected chi connectivity index (χ2v) is 5.75. The van der Waals surface area contributed by atoms with E-state index < -0.39 is 0 Å². The molecule has 2 aromatic rings. The minimum Gasteiger partial charge on any atom is -0.489 e. The first-order valence-electron chi connectivity index (χ1n) is 7.49. The molecule has 0 aliphatic heterocycles. The van der Waals surface area contributed by atoms with Crippen molar-refractivity contribution in [2.45, 2.75) is 39.7 Å². The van der Waals surface area contributed by atoms with Gasteiger partial charge in [-0.3, -0.25) is 4.79 Å². The maximum absolute atomic E-state index is 11.8. The quantitative estimate of drug-likeness (QED) is 0.833. The number of benzene rings is 2. The Morgan fingerprint density at radius 3 is 2.57 bits per heavy atom. The molecule has 0 radical (unpaired) electrons. The molecule has 1 aliphatic carbocycles. The third-order valence-electron chi connectivity index (χ3n) is 4.25. The molecule has 0 unspecified atom stereocenters. The highest BCUT2D eigenvalue weighted by Crippen LogP contribution is 2.26. The smallest absolute Gasteiger partial charge is 0.163 e. The van der Waals surface area contributed by atoms with E-state index in [1.807, 2.05) is 18.2 Å². The molecule has 108 valence electrons. The van der Waals surface area contributed by atoms with Gasteiger partial charge in [0, 0.05) is 12.0 Å². The molecule has 2 aromatic carbocycles. The van der Waals surface area contributed by atoms with Crippen LogP contribution in [0.15, 0.2) is 36.4 Å². The Labute approximate surface area is 125 Å². The Bertz CT molecular complexity index is 666. The Balaban J connectivity index is 1.78. The molecule has 0 saturated heterocycles. The van der Waals surface area contributed by atoms with Crippen LogP contribution in [0.2, 0.25) is 0 Å². The molecule has 0 spiro atoms. The molecule has 0 atom stereocenters. The molecule has 0 fully saturated rings. The largest absolute Gasteiger partial charge is 0.489 e. The van der Waals surface area contributed by atoms with E-state index in [9.17, 15) is 4.79 Å². The first kappa shape index (κ1) is 13.9. The van der Waals surface area contributed by atoms with Crippen LogP contribution in [0.3, 0.4) is 0 Å². The number of ketones is 1. The van der Waals surface area contributed by atoms with Gasteiger partial charge in [0.05, 0.1) is 0 Å². The molecular weight excluding hydrogens is 260 g/mol. The number of hydrogen-bond acceptors (Lipinski definition) is 2. The molecule has 0 bridgehead atoms. The van der Waals surface area contributed by atoms with Gasteiger partial charge in [0.1, 0.15) is 12.4 Å². The molecular formula is C19H20O2. The molecule has 0 amide bonds. The van der Waals surface area contributed by atoms with Gasteiger partial charge in [0.25, 0.3) is 0 Å². The predicted octanol–water partition coefficient (Wildman–Crippen LogP) is 4.40. The van der Waals surface area contributed by atoms with Crippen LogP contribution in [0.1, 0.15) is 45.5 Å². The average Bonchev–Trinajstić information content (AvgIpc) is 2.47. The molecule has 21 heavy (non-hydrogen) atoms. The molecule has 0 saturated carbocycles. The van der Waals surface area contributed by atoms with Crippen LogP contribution in [0.4, 0.5) is 0 Å². The Kier molecular flexibility index (Phi) is 3.78. The summed E-state index contributed by atoms with van der Waals surface area (Å²) in [5, 5.41) is 0. The number of Topliss-reactive ketones (excluding diaryl/α,β-unsaturated/α-hetero) is 1. The lowest BCUT2D eigenvalue weighted by molar-refractivity contribution is 0.0972. The molecule has 0 aromatic heterocycles. The second-order valence-electron chi connectivity index (χ2n) is 5.75. The van der Waals surface area contributed by atoms with Crippen LogP contribution in [-0.2, 0) is 13.0 Å². The lowest BCUT2D eigenvalue weighted by Gasteiger charge is -2.17. The van der Waals surface area contributed by atoms with Gasteiger partial charge in [-0.2, -0.15) is 0 Å². The number of aryl methyl sites for hydroxylation is 3. The molecule has 2 heteroatoms. The molecule has 0 heterocycles. The van der Waals surface area contributed by atoms with Crippen molar-refractivity contribution in [3.8, 4) is 5.75 Å². The molecule has 2 nitrogen and oxygen atoms in total. The van der Waals surface area contributed by atoms with Gasteiger partial charge in [-0.25, -0.2) is 0 Å². The fourth-order valence-corrected chi connectivity index (χ4v) is 2.94. The van der Waals surface area contributed by atoms with Gasteiger partial charge in [-0.05, 0) is 67.1 Å². The highest BCUT2D eigenvalue weighted by Gasteiger charge is 2.17. The highest BCUT2D eigenvalue weighted by atomic mass is 16.5. The fourth-order valence-electron chi connectivity index (χ4n) is 2.94. The van der Waals surface area contributed by atoms with Crippen molar-refractivity contribution in [3.63, 3.8) is 0 Å². The summed E-state index contributed by atoms with van der Waals surface area (Å²) in [7, 11) is 0. The maximum Gasteiger partial charge on any atom is 0.163 e. The Morgan fingerprint density at radius 2 is 1.81 bits per heavy atom. The van der Waals surface area contributed by atoms with Gasteiger partial charge in [0.15, 0.2) is 5.78 Å². The normalized spacial score (nSPS) is 13.9. The van der Waals surface area contributed by atoms with E-state index >= 15 is 0 Å². The Morgan fingerprint density at radius 1 is 1.05 bits per heavy atom. The summed E-state index contributed by atoms with van der Waals surface area (Å²) in [6.07, 6.45) is 2.60. The second kappa shape index (κ2) is 5.72. The van der Waals surface area contributed by atoms with E-state index in [1.54, 1.807) is 0 Å². The van der Waals surface area contributed by atoms with Crippen LogP contribution < -0.4 is 4.74 Å². The number of fused-ring (bicyclic) bond motifs is 1. The lowest BCUT2D eigenvalue weighted by Crippen LogP contribution is -2.10. The summed E-state index contributed by atoms with van der Waals surface area (Å²) >= 11 is 0. The summed E-state index contributed by atoms with van der Waals surface area (Å²) in [4.78, 5) is 11.8. The maximum atomic E-state index is 11.8. The summed E-state index contributed by atoms with van der Waals surface area (Å²) in [5.41, 5.74) is 5.75. The summed E-state index contributed by atoms with van der Waals surface area (Å²) < 4.78 is 5.94. The van der Waals surface area contributed by atoms with Crippen molar-refractivity contribution in [2.75, 3.05) is 0 Å². The minimum absolute atomic E-state index is 0.262. The number of carbonyl (C=O) groups excluding carboxylic acids is 1. The van der Waals surface area contributed by atoms with Crippen LogP contribution >= 0.6 is 0 Å². The van der Waals surface area contributed by atoms with Crippen molar-refractivity contribution >= 4 is 5.78 Å². The first-order chi connectivity index (χ1) is 10.1. The zero-order valence-electron chi connectivity index (χ0n) is 12.6. The van der Waals surface area contributed by atoms with Crippen molar-refractivity contribution in [2.24, 2.45) is 0 Å². The van der Waals surface area contributed by atoms with Crippen LogP contribution in [0, 0.1) is 13.8 Å². The van der Waals surface area contributed by atoms with E-state index in [0.29, 0.717) is 13.0 Å². The van der Waals surface area contributed by atoms with Gasteiger partial charge < -0.3 is 4.74 Å². The van der Waals surface area contributed by atoms with E-state index in [-0.39, 0.29) is 5.78 Å². The third-order valence-corrected chi connectivity index (χ3v) is 4.25. The highest BCUT2D eigenvalue weighted by molar-refractivity contribution is 5.98. The van der Waals surface area contributed by atoms with Gasteiger partial charge in [0.2, 0.25) is 0 Å². The molecule has 0 N–H and O–H groups in total. The first-order valence-corrected chi connectivity index (χ1v) is 7.49. The van der Waals surface area contributed by atoms with Crippen LogP contribution in [-0.4, -0.2) is 5.78 Å². The third kappa shape index (κ3) is 2.85. The van der Waals surface area contributed by atoms with Crippen molar-refractivity contribution in [1.29, 1.82) is 0 Å². The summed E-state index contributed by atoms with van der Waals surface area (Å²) in [6.45, 7) is 4.79. The van der Waals surface area contributed by atoms with Gasteiger partial charge >= 0.3 is 0 Å². The molecule has 3 rings (SSSR count). The summed E-state index contributed by atoms with van der Waals surface area (Å²) in [5.74, 6) is 1.11. The van der Waals surface area contributed by atoms with E-state index in [0.717, 1.165) is 29.7 Å². The number of ether oxygens (including phenoxy) is 1. The zero-order chi connectivity index (χ0) is 14.8. The summed E-state index contributed by atoms with van der Waals surface area (Å²) in [6, 6.07) is 12.1. The minimum atomic E-state index is 0.262. The number of hydrogen-bond donors (Lipinski definition) is 0. The van der Waals surface area contributed by atoms with Crippen molar-refractivity contribution < 1.29 is 9.53 Å². The van der Waals surface area contributed by atoms with Crippen LogP contribution in [0.25, 0.3) is 0 Å². The van der Waals surface area contributed by atoms with E-state index in [1.165, 1.54) is 16.7 Å². The van der Waals surface area contributed by atoms with Crippen molar-refractivity contribution in [3.05, 3.63) is 64.2 Å². The predicted molar refractivity (Wildman–Crippen MR) is 84.0 cm³/mol. The topological polar surface area (TPSA) is 26.3 Å².